The molecule has 3 heterocycles. The molecule has 1 saturated heterocycles. The van der Waals surface area contributed by atoms with Gasteiger partial charge >= 0.3 is 5.97 Å². The zero-order valence-electron chi connectivity index (χ0n) is 21.3. The van der Waals surface area contributed by atoms with Gasteiger partial charge in [0.2, 0.25) is 0 Å². The highest BCUT2D eigenvalue weighted by molar-refractivity contribution is 5.82. The van der Waals surface area contributed by atoms with Crippen LogP contribution in [0.3, 0.4) is 0 Å². The topological polar surface area (TPSA) is 88.5 Å². The molecule has 36 heavy (non-hydrogen) atoms. The molecule has 6 nitrogen and oxygen atoms in total. The predicted octanol–water partition coefficient (Wildman–Crippen LogP) is 4.87. The minimum Gasteiger partial charge on any atom is -0.456 e. The van der Waals surface area contributed by atoms with Crippen LogP contribution in [0.2, 0.25) is 0 Å². The van der Waals surface area contributed by atoms with Gasteiger partial charge in [0.15, 0.2) is 0 Å². The molecule has 2 bridgehead atoms. The number of epoxide rings is 1. The van der Waals surface area contributed by atoms with Gasteiger partial charge in [0, 0.05) is 12.5 Å². The summed E-state index contributed by atoms with van der Waals surface area (Å²) in [5.74, 6) is -0.0933. The lowest BCUT2D eigenvalue weighted by Gasteiger charge is -2.25. The fraction of sp³-hybridized carbons (Fsp3) is 0.633. The van der Waals surface area contributed by atoms with Gasteiger partial charge in [-0.05, 0) is 70.1 Å². The van der Waals surface area contributed by atoms with Gasteiger partial charge in [0.1, 0.15) is 18.3 Å². The number of rotatable bonds is 3. The lowest BCUT2D eigenvalue weighted by atomic mass is 9.96. The van der Waals surface area contributed by atoms with E-state index < -0.39 is 24.3 Å². The highest BCUT2D eigenvalue weighted by Crippen LogP contribution is 2.34. The Labute approximate surface area is 215 Å². The molecular weight excluding hydrogens is 456 g/mol. The first-order valence-electron chi connectivity index (χ1n) is 13.7. The van der Waals surface area contributed by atoms with Crippen molar-refractivity contribution >= 4 is 5.97 Å². The number of allylic oxidation sites excluding steroid dienone is 3. The molecule has 0 spiro atoms. The van der Waals surface area contributed by atoms with E-state index in [0.717, 1.165) is 56.9 Å². The van der Waals surface area contributed by atoms with Gasteiger partial charge in [-0.15, -0.1) is 0 Å². The zero-order chi connectivity index (χ0) is 25.3. The smallest absolute Gasteiger partial charge is 0.330 e. The number of fused-ring (bicyclic) bond motifs is 3. The molecule has 2 N–H and O–H groups in total. The third kappa shape index (κ3) is 8.55. The van der Waals surface area contributed by atoms with E-state index in [9.17, 15) is 15.0 Å². The van der Waals surface area contributed by atoms with E-state index >= 15 is 0 Å². The van der Waals surface area contributed by atoms with Crippen LogP contribution in [0.15, 0.2) is 60.8 Å². The van der Waals surface area contributed by atoms with E-state index in [1.807, 2.05) is 6.08 Å². The van der Waals surface area contributed by atoms with E-state index in [4.69, 9.17) is 14.2 Å². The van der Waals surface area contributed by atoms with Crippen LogP contribution >= 0.6 is 0 Å². The van der Waals surface area contributed by atoms with E-state index in [0.29, 0.717) is 25.2 Å². The molecule has 0 saturated carbocycles. The summed E-state index contributed by atoms with van der Waals surface area (Å²) in [4.78, 5) is 12.6. The molecule has 7 atom stereocenters. The Kier molecular flexibility index (Phi) is 10.2. The maximum atomic E-state index is 12.6. The van der Waals surface area contributed by atoms with Gasteiger partial charge in [0.05, 0.1) is 24.4 Å². The summed E-state index contributed by atoms with van der Waals surface area (Å²) in [5.41, 5.74) is 1.01. The third-order valence-corrected chi connectivity index (χ3v) is 7.56. The van der Waals surface area contributed by atoms with Crippen LogP contribution in [0, 0.1) is 5.92 Å². The number of hydrogen-bond donors (Lipinski definition) is 2. The van der Waals surface area contributed by atoms with E-state index in [-0.39, 0.29) is 24.4 Å². The Bertz CT molecular complexity index is 848. The second kappa shape index (κ2) is 13.5. The second-order valence-electron chi connectivity index (χ2n) is 10.6. The lowest BCUT2D eigenvalue weighted by Crippen LogP contribution is -2.32. The van der Waals surface area contributed by atoms with Crippen LogP contribution in [0.25, 0.3) is 0 Å². The molecule has 1 aliphatic carbocycles. The fourth-order valence-corrected chi connectivity index (χ4v) is 5.39. The van der Waals surface area contributed by atoms with Crippen molar-refractivity contribution in [3.8, 4) is 0 Å². The van der Waals surface area contributed by atoms with Crippen molar-refractivity contribution in [1.82, 2.24) is 0 Å². The summed E-state index contributed by atoms with van der Waals surface area (Å²) in [6, 6.07) is 0. The summed E-state index contributed by atoms with van der Waals surface area (Å²) in [7, 11) is 0. The van der Waals surface area contributed by atoms with Crippen LogP contribution in [0.1, 0.15) is 70.6 Å². The number of carbonyl (C=O) groups excluding carboxylic acids is 1. The molecule has 3 aliphatic heterocycles. The van der Waals surface area contributed by atoms with Gasteiger partial charge in [-0.2, -0.15) is 0 Å². The standard InChI is InChI=1S/C30H42O6/c1-21-9-6-12-23-13-7-14-24(34-23)15-8-16-29(33)35-27(20-28-30(36-28)26(32)19-21)25(31)18-17-22-10-4-2-3-5-11-22/h2-3,7-8,14,16-18,22-28,30-32H,1,4-6,9-13,15,19-20H2/b16-8-,18-17+/t23-,24+,25+,26+,27+,28+,30+/m1/s1. The summed E-state index contributed by atoms with van der Waals surface area (Å²) in [5, 5.41) is 21.6. The van der Waals surface area contributed by atoms with Gasteiger partial charge < -0.3 is 24.4 Å². The van der Waals surface area contributed by atoms with Gasteiger partial charge in [-0.3, -0.25) is 0 Å². The molecule has 198 valence electrons. The van der Waals surface area contributed by atoms with E-state index in [1.54, 1.807) is 12.2 Å². The molecule has 0 radical (unpaired) electrons. The Balaban J connectivity index is 1.42. The predicted molar refractivity (Wildman–Crippen MR) is 139 cm³/mol. The van der Waals surface area contributed by atoms with Gasteiger partial charge in [-0.1, -0.05) is 54.7 Å². The highest BCUT2D eigenvalue weighted by atomic mass is 16.6. The third-order valence-electron chi connectivity index (χ3n) is 7.56. The monoisotopic (exact) mass is 498 g/mol. The van der Waals surface area contributed by atoms with Crippen LogP contribution in [-0.4, -0.2) is 58.9 Å². The quantitative estimate of drug-likeness (QED) is 0.328. The molecule has 0 amide bonds. The van der Waals surface area contributed by atoms with E-state index in [2.05, 4.69) is 30.9 Å². The van der Waals surface area contributed by atoms with Crippen molar-refractivity contribution in [1.29, 1.82) is 0 Å². The minimum absolute atomic E-state index is 0.0595. The first kappa shape index (κ1) is 27.1. The molecular formula is C30H42O6. The van der Waals surface area contributed by atoms with Crippen molar-refractivity contribution in [3.63, 3.8) is 0 Å². The molecule has 0 aromatic heterocycles. The minimum atomic E-state index is -0.938. The molecule has 0 unspecified atom stereocenters. The van der Waals surface area contributed by atoms with Gasteiger partial charge in [0.25, 0.3) is 0 Å². The van der Waals surface area contributed by atoms with Crippen LogP contribution in [0.5, 0.6) is 0 Å². The van der Waals surface area contributed by atoms with Gasteiger partial charge in [-0.25, -0.2) is 4.79 Å². The number of aliphatic hydroxyl groups is 2. The molecule has 6 heteroatoms. The molecule has 1 fully saturated rings. The normalized spacial score (nSPS) is 36.8. The second-order valence-corrected chi connectivity index (χ2v) is 10.6. The first-order valence-corrected chi connectivity index (χ1v) is 13.7. The number of hydrogen-bond acceptors (Lipinski definition) is 6. The largest absolute Gasteiger partial charge is 0.456 e. The summed E-state index contributed by atoms with van der Waals surface area (Å²) >= 11 is 0. The average Bonchev–Trinajstić information content (AvgIpc) is 3.66. The number of esters is 1. The maximum Gasteiger partial charge on any atom is 0.330 e. The molecule has 4 rings (SSSR count). The number of ether oxygens (including phenoxy) is 3. The number of cyclic esters (lactones) is 1. The van der Waals surface area contributed by atoms with Crippen molar-refractivity contribution in [3.05, 3.63) is 60.8 Å². The number of carbonyl (C=O) groups is 1. The van der Waals surface area contributed by atoms with Crippen LogP contribution in [-0.2, 0) is 19.0 Å². The average molecular weight is 499 g/mol. The fourth-order valence-electron chi connectivity index (χ4n) is 5.39. The Hall–Kier alpha value is -1.99. The van der Waals surface area contributed by atoms with E-state index in [1.165, 1.54) is 6.08 Å². The molecule has 4 aliphatic rings. The Morgan fingerprint density at radius 3 is 2.67 bits per heavy atom. The number of aliphatic hydroxyl groups excluding tert-OH is 2. The Morgan fingerprint density at radius 1 is 1.06 bits per heavy atom. The van der Waals surface area contributed by atoms with Crippen molar-refractivity contribution in [2.24, 2.45) is 5.92 Å². The summed E-state index contributed by atoms with van der Waals surface area (Å²) in [6.07, 6.45) is 22.1. The molecule has 0 aromatic rings. The zero-order valence-corrected chi connectivity index (χ0v) is 21.3. The molecule has 0 aromatic carbocycles. The highest BCUT2D eigenvalue weighted by Gasteiger charge is 2.46. The summed E-state index contributed by atoms with van der Waals surface area (Å²) < 4.78 is 17.6. The Morgan fingerprint density at radius 2 is 1.86 bits per heavy atom. The van der Waals surface area contributed by atoms with Crippen LogP contribution < -0.4 is 0 Å². The lowest BCUT2D eigenvalue weighted by molar-refractivity contribution is -0.148. The van der Waals surface area contributed by atoms with Crippen molar-refractivity contribution in [2.75, 3.05) is 0 Å². The SMILES string of the molecule is C=C1CCC[C@@H]2CC=C[C@@H](C/C=C\C(=O)O[C@H]([C@@H](O)/C=C/C3CCC=CCC3)C[C@@H]3O[C@H]3[C@@H](O)C1)O2. The van der Waals surface area contributed by atoms with Crippen molar-refractivity contribution in [2.45, 2.75) is 113 Å². The van der Waals surface area contributed by atoms with Crippen LogP contribution in [0.4, 0.5) is 0 Å². The first-order chi connectivity index (χ1) is 17.5. The maximum absolute atomic E-state index is 12.6. The van der Waals surface area contributed by atoms with Crippen molar-refractivity contribution < 1.29 is 29.2 Å². The summed E-state index contributed by atoms with van der Waals surface area (Å²) in [6.45, 7) is 4.15.